The van der Waals surface area contributed by atoms with Gasteiger partial charge in [0.15, 0.2) is 0 Å². The molecular weight excluding hydrogens is 182 g/mol. The standard InChI is InChI=1S/C6H14O2.C4H7NO/c7-5-3-1-2-4-6-8;1-3(2)4(5)6/h7-8H,1-6H2;1H2,2H3,(H2,5,6). The van der Waals surface area contributed by atoms with E-state index in [1.165, 1.54) is 0 Å². The molecule has 0 aromatic heterocycles. The number of hydrogen-bond acceptors (Lipinski definition) is 3. The van der Waals surface area contributed by atoms with Gasteiger partial charge in [0.05, 0.1) is 0 Å². The Bertz CT molecular complexity index is 139. The fraction of sp³-hybridized carbons (Fsp3) is 0.700. The summed E-state index contributed by atoms with van der Waals surface area (Å²) in [5, 5.41) is 16.6. The summed E-state index contributed by atoms with van der Waals surface area (Å²) in [6, 6.07) is 0. The van der Waals surface area contributed by atoms with Gasteiger partial charge in [0, 0.05) is 18.8 Å². The van der Waals surface area contributed by atoms with Gasteiger partial charge in [0.25, 0.3) is 0 Å². The van der Waals surface area contributed by atoms with E-state index in [1.807, 2.05) is 0 Å². The molecule has 4 nitrogen and oxygen atoms in total. The largest absolute Gasteiger partial charge is 0.396 e. The van der Waals surface area contributed by atoms with Gasteiger partial charge in [-0.25, -0.2) is 0 Å². The second-order valence-corrected chi connectivity index (χ2v) is 3.01. The molecule has 4 heteroatoms. The number of aliphatic hydroxyl groups excluding tert-OH is 2. The van der Waals surface area contributed by atoms with Gasteiger partial charge in [-0.2, -0.15) is 0 Å². The van der Waals surface area contributed by atoms with Crippen LogP contribution in [0.1, 0.15) is 32.6 Å². The molecule has 0 aromatic rings. The van der Waals surface area contributed by atoms with E-state index in [-0.39, 0.29) is 13.2 Å². The van der Waals surface area contributed by atoms with Crippen LogP contribution in [0.4, 0.5) is 0 Å². The molecule has 84 valence electrons. The van der Waals surface area contributed by atoms with Crippen LogP contribution < -0.4 is 5.73 Å². The van der Waals surface area contributed by atoms with Crippen molar-refractivity contribution in [3.8, 4) is 0 Å². The van der Waals surface area contributed by atoms with Crippen LogP contribution in [0.3, 0.4) is 0 Å². The second-order valence-electron chi connectivity index (χ2n) is 3.01. The van der Waals surface area contributed by atoms with Crippen LogP contribution in [0, 0.1) is 0 Å². The van der Waals surface area contributed by atoms with E-state index in [9.17, 15) is 4.79 Å². The van der Waals surface area contributed by atoms with E-state index in [2.05, 4.69) is 6.58 Å². The van der Waals surface area contributed by atoms with E-state index in [1.54, 1.807) is 6.92 Å². The third-order valence-electron chi connectivity index (χ3n) is 1.49. The Morgan fingerprint density at radius 3 is 1.57 bits per heavy atom. The van der Waals surface area contributed by atoms with Crippen molar-refractivity contribution in [2.24, 2.45) is 5.73 Å². The number of carbonyl (C=O) groups is 1. The first-order valence-electron chi connectivity index (χ1n) is 4.73. The van der Waals surface area contributed by atoms with E-state index in [0.717, 1.165) is 25.7 Å². The van der Waals surface area contributed by atoms with E-state index < -0.39 is 5.91 Å². The number of unbranched alkanes of at least 4 members (excludes halogenated alkanes) is 3. The van der Waals surface area contributed by atoms with Crippen LogP contribution >= 0.6 is 0 Å². The van der Waals surface area contributed by atoms with Crippen molar-refractivity contribution in [2.45, 2.75) is 32.6 Å². The summed E-state index contributed by atoms with van der Waals surface area (Å²) in [6.07, 6.45) is 3.83. The number of aliphatic hydroxyl groups is 2. The normalized spacial score (nSPS) is 8.79. The maximum atomic E-state index is 9.82. The second kappa shape index (κ2) is 12.1. The van der Waals surface area contributed by atoms with Gasteiger partial charge in [-0.3, -0.25) is 4.79 Å². The van der Waals surface area contributed by atoms with Crippen LogP contribution in [-0.2, 0) is 4.79 Å². The van der Waals surface area contributed by atoms with Gasteiger partial charge in [0.1, 0.15) is 0 Å². The highest BCUT2D eigenvalue weighted by Crippen LogP contribution is 1.96. The Kier molecular flexibility index (Phi) is 13.5. The maximum absolute atomic E-state index is 9.82. The minimum atomic E-state index is -0.435. The predicted octanol–water partition coefficient (Wildman–Crippen LogP) is 0.579. The predicted molar refractivity (Wildman–Crippen MR) is 56.6 cm³/mol. The van der Waals surface area contributed by atoms with Gasteiger partial charge < -0.3 is 15.9 Å². The molecule has 0 aromatic carbocycles. The Balaban J connectivity index is 0. The molecule has 0 bridgehead atoms. The highest BCUT2D eigenvalue weighted by atomic mass is 16.3. The third kappa shape index (κ3) is 17.3. The lowest BCUT2D eigenvalue weighted by Gasteiger charge is -1.93. The average molecular weight is 203 g/mol. The summed E-state index contributed by atoms with van der Waals surface area (Å²) >= 11 is 0. The van der Waals surface area contributed by atoms with Gasteiger partial charge in [-0.1, -0.05) is 19.4 Å². The Labute approximate surface area is 85.4 Å². The van der Waals surface area contributed by atoms with Crippen LogP contribution in [0.5, 0.6) is 0 Å². The molecule has 0 radical (unpaired) electrons. The Morgan fingerprint density at radius 1 is 1.14 bits per heavy atom. The summed E-state index contributed by atoms with van der Waals surface area (Å²) in [7, 11) is 0. The van der Waals surface area contributed by atoms with Crippen LogP contribution in [0.25, 0.3) is 0 Å². The molecule has 4 N–H and O–H groups in total. The first kappa shape index (κ1) is 15.6. The van der Waals surface area contributed by atoms with Gasteiger partial charge in [-0.15, -0.1) is 0 Å². The van der Waals surface area contributed by atoms with Gasteiger partial charge in [-0.05, 0) is 19.8 Å². The molecule has 0 saturated heterocycles. The highest BCUT2D eigenvalue weighted by molar-refractivity contribution is 5.90. The summed E-state index contributed by atoms with van der Waals surface area (Å²) in [5.41, 5.74) is 5.09. The number of primary amides is 1. The lowest BCUT2D eigenvalue weighted by molar-refractivity contribution is -0.114. The highest BCUT2D eigenvalue weighted by Gasteiger charge is 1.86. The molecule has 0 fully saturated rings. The van der Waals surface area contributed by atoms with Crippen molar-refractivity contribution < 1.29 is 15.0 Å². The average Bonchev–Trinajstić information content (AvgIpc) is 2.13. The number of amides is 1. The topological polar surface area (TPSA) is 83.6 Å². The van der Waals surface area contributed by atoms with Crippen molar-refractivity contribution >= 4 is 5.91 Å². The van der Waals surface area contributed by atoms with Crippen LogP contribution in [0.15, 0.2) is 12.2 Å². The van der Waals surface area contributed by atoms with E-state index in [4.69, 9.17) is 15.9 Å². The van der Waals surface area contributed by atoms with Crippen molar-refractivity contribution in [1.82, 2.24) is 0 Å². The molecule has 0 saturated carbocycles. The summed E-state index contributed by atoms with van der Waals surface area (Å²) in [6.45, 7) is 5.42. The minimum absolute atomic E-state index is 0.283. The summed E-state index contributed by atoms with van der Waals surface area (Å²) in [4.78, 5) is 9.82. The van der Waals surface area contributed by atoms with Gasteiger partial charge >= 0.3 is 0 Å². The fourth-order valence-electron chi connectivity index (χ4n) is 0.577. The molecule has 14 heavy (non-hydrogen) atoms. The molecular formula is C10H21NO3. The summed E-state index contributed by atoms with van der Waals surface area (Å²) < 4.78 is 0. The van der Waals surface area contributed by atoms with Crippen molar-refractivity contribution in [3.63, 3.8) is 0 Å². The SMILES string of the molecule is C=C(C)C(N)=O.OCCCCCCO. The molecule has 0 spiro atoms. The minimum Gasteiger partial charge on any atom is -0.396 e. The molecule has 0 unspecified atom stereocenters. The van der Waals surface area contributed by atoms with E-state index >= 15 is 0 Å². The zero-order valence-corrected chi connectivity index (χ0v) is 8.83. The first-order chi connectivity index (χ1) is 6.56. The monoisotopic (exact) mass is 203 g/mol. The van der Waals surface area contributed by atoms with Crippen LogP contribution in [0.2, 0.25) is 0 Å². The zero-order valence-electron chi connectivity index (χ0n) is 8.83. The Hall–Kier alpha value is -0.870. The maximum Gasteiger partial charge on any atom is 0.243 e. The molecule has 1 amide bonds. The quantitative estimate of drug-likeness (QED) is 0.436. The number of carbonyl (C=O) groups excluding carboxylic acids is 1. The van der Waals surface area contributed by atoms with Crippen molar-refractivity contribution in [3.05, 3.63) is 12.2 Å². The van der Waals surface area contributed by atoms with Crippen molar-refractivity contribution in [1.29, 1.82) is 0 Å². The third-order valence-corrected chi connectivity index (χ3v) is 1.49. The number of nitrogens with two attached hydrogens (primary N) is 1. The van der Waals surface area contributed by atoms with Gasteiger partial charge in [0.2, 0.25) is 5.91 Å². The Morgan fingerprint density at radius 2 is 1.43 bits per heavy atom. The number of rotatable bonds is 6. The number of hydrogen-bond donors (Lipinski definition) is 3. The molecule has 0 aliphatic carbocycles. The molecule has 0 heterocycles. The zero-order chi connectivity index (χ0) is 11.4. The molecule has 0 aliphatic heterocycles. The summed E-state index contributed by atoms with van der Waals surface area (Å²) in [5.74, 6) is -0.435. The lowest BCUT2D eigenvalue weighted by atomic mass is 10.2. The van der Waals surface area contributed by atoms with E-state index in [0.29, 0.717) is 5.57 Å². The van der Waals surface area contributed by atoms with Crippen LogP contribution in [-0.4, -0.2) is 29.3 Å². The lowest BCUT2D eigenvalue weighted by Crippen LogP contribution is -2.10. The molecule has 0 aliphatic rings. The first-order valence-corrected chi connectivity index (χ1v) is 4.73. The fourth-order valence-corrected chi connectivity index (χ4v) is 0.577. The molecule has 0 atom stereocenters. The smallest absolute Gasteiger partial charge is 0.243 e. The molecule has 0 rings (SSSR count). The van der Waals surface area contributed by atoms with Crippen molar-refractivity contribution in [2.75, 3.05) is 13.2 Å².